The molecule has 25 heavy (non-hydrogen) atoms. The summed E-state index contributed by atoms with van der Waals surface area (Å²) in [6.45, 7) is 3.79. The van der Waals surface area contributed by atoms with Gasteiger partial charge in [-0.25, -0.2) is 0 Å². The van der Waals surface area contributed by atoms with E-state index in [1.54, 1.807) is 62.2 Å². The molecule has 0 aliphatic heterocycles. The molecule has 6 heteroatoms. The zero-order chi connectivity index (χ0) is 18.4. The number of rotatable bonds is 7. The van der Waals surface area contributed by atoms with Crippen LogP contribution in [0.1, 0.15) is 35.9 Å². The van der Waals surface area contributed by atoms with Gasteiger partial charge in [-0.2, -0.15) is 0 Å². The van der Waals surface area contributed by atoms with Crippen LogP contribution in [0.25, 0.3) is 0 Å². The predicted octanol–water partition coefficient (Wildman–Crippen LogP) is 4.31. The van der Waals surface area contributed by atoms with Gasteiger partial charge in [-0.3, -0.25) is 4.79 Å². The number of hydrogen-bond donors (Lipinski definition) is 2. The van der Waals surface area contributed by atoms with Gasteiger partial charge in [0.05, 0.1) is 24.8 Å². The molecule has 0 bridgehead atoms. The standard InChI is InChI=1S/C19H22ClNO3S/c1-4-25-17-10-7-14(20)11-16(17)19(23)21-12(2)18(22)13-5-8-15(24-3)9-6-13/h5-12,18,22H,4H2,1-3H3,(H,21,23). The van der Waals surface area contributed by atoms with Gasteiger partial charge in [0.15, 0.2) is 0 Å². The van der Waals surface area contributed by atoms with Gasteiger partial charge in [0.2, 0.25) is 0 Å². The van der Waals surface area contributed by atoms with E-state index in [9.17, 15) is 9.90 Å². The van der Waals surface area contributed by atoms with Gasteiger partial charge in [0.25, 0.3) is 5.91 Å². The Labute approximate surface area is 157 Å². The third kappa shape index (κ3) is 5.14. The van der Waals surface area contributed by atoms with E-state index in [-0.39, 0.29) is 5.91 Å². The Balaban J connectivity index is 2.12. The smallest absolute Gasteiger partial charge is 0.252 e. The van der Waals surface area contributed by atoms with Gasteiger partial charge in [0, 0.05) is 9.92 Å². The number of carbonyl (C=O) groups is 1. The minimum atomic E-state index is -0.823. The van der Waals surface area contributed by atoms with E-state index in [0.29, 0.717) is 21.9 Å². The molecule has 0 heterocycles. The fraction of sp³-hybridized carbons (Fsp3) is 0.316. The van der Waals surface area contributed by atoms with Crippen molar-refractivity contribution in [3.8, 4) is 5.75 Å². The Kier molecular flexibility index (Phi) is 7.17. The first-order valence-electron chi connectivity index (χ1n) is 8.01. The highest BCUT2D eigenvalue weighted by atomic mass is 35.5. The minimum absolute atomic E-state index is 0.251. The van der Waals surface area contributed by atoms with Crippen LogP contribution in [0.15, 0.2) is 47.4 Å². The van der Waals surface area contributed by atoms with Crippen molar-refractivity contribution >= 4 is 29.3 Å². The van der Waals surface area contributed by atoms with Crippen LogP contribution in [0.5, 0.6) is 5.75 Å². The van der Waals surface area contributed by atoms with Crippen molar-refractivity contribution in [2.75, 3.05) is 12.9 Å². The Morgan fingerprint density at radius 2 is 1.96 bits per heavy atom. The second kappa shape index (κ2) is 9.13. The fourth-order valence-electron chi connectivity index (χ4n) is 2.41. The van der Waals surface area contributed by atoms with E-state index >= 15 is 0 Å². The number of carbonyl (C=O) groups excluding carboxylic acids is 1. The molecule has 134 valence electrons. The van der Waals surface area contributed by atoms with Gasteiger partial charge in [0.1, 0.15) is 5.75 Å². The van der Waals surface area contributed by atoms with Crippen LogP contribution in [-0.2, 0) is 0 Å². The fourth-order valence-corrected chi connectivity index (χ4v) is 3.37. The zero-order valence-electron chi connectivity index (χ0n) is 14.5. The minimum Gasteiger partial charge on any atom is -0.497 e. The summed E-state index contributed by atoms with van der Waals surface area (Å²) in [6, 6.07) is 11.9. The molecule has 0 fully saturated rings. The van der Waals surface area contributed by atoms with Crippen molar-refractivity contribution in [1.82, 2.24) is 5.32 Å². The molecule has 0 saturated carbocycles. The molecule has 2 aromatic rings. The number of amides is 1. The van der Waals surface area contributed by atoms with Crippen molar-refractivity contribution in [3.05, 3.63) is 58.6 Å². The van der Waals surface area contributed by atoms with Crippen molar-refractivity contribution in [2.45, 2.75) is 30.9 Å². The van der Waals surface area contributed by atoms with E-state index in [1.807, 2.05) is 13.0 Å². The van der Waals surface area contributed by atoms with Crippen molar-refractivity contribution < 1.29 is 14.6 Å². The second-order valence-corrected chi connectivity index (χ2v) is 7.30. The first kappa shape index (κ1) is 19.6. The average Bonchev–Trinajstić information content (AvgIpc) is 2.62. The Bertz CT molecular complexity index is 721. The number of thioether (sulfide) groups is 1. The Hall–Kier alpha value is -1.69. The van der Waals surface area contributed by atoms with Crippen LogP contribution in [0.3, 0.4) is 0 Å². The molecule has 0 aliphatic carbocycles. The van der Waals surface area contributed by atoms with E-state index in [4.69, 9.17) is 16.3 Å². The topological polar surface area (TPSA) is 58.6 Å². The molecular weight excluding hydrogens is 358 g/mol. The predicted molar refractivity (Wildman–Crippen MR) is 103 cm³/mol. The normalized spacial score (nSPS) is 13.2. The summed E-state index contributed by atoms with van der Waals surface area (Å²) >= 11 is 7.61. The summed E-state index contributed by atoms with van der Waals surface area (Å²) in [6.07, 6.45) is -0.823. The number of halogens is 1. The quantitative estimate of drug-likeness (QED) is 0.703. The number of ether oxygens (including phenoxy) is 1. The molecule has 2 atom stereocenters. The Morgan fingerprint density at radius 3 is 2.56 bits per heavy atom. The van der Waals surface area contributed by atoms with Crippen LogP contribution in [-0.4, -0.2) is 29.9 Å². The molecule has 2 aromatic carbocycles. The molecule has 2 N–H and O–H groups in total. The summed E-state index contributed by atoms with van der Waals surface area (Å²) in [5.74, 6) is 1.32. The lowest BCUT2D eigenvalue weighted by Crippen LogP contribution is -2.37. The molecule has 0 radical (unpaired) electrons. The maximum atomic E-state index is 12.6. The van der Waals surface area contributed by atoms with E-state index < -0.39 is 12.1 Å². The van der Waals surface area contributed by atoms with Crippen molar-refractivity contribution in [3.63, 3.8) is 0 Å². The Morgan fingerprint density at radius 1 is 1.28 bits per heavy atom. The number of aliphatic hydroxyl groups is 1. The highest BCUT2D eigenvalue weighted by Crippen LogP contribution is 2.26. The maximum absolute atomic E-state index is 12.6. The van der Waals surface area contributed by atoms with Gasteiger partial charge in [-0.05, 0) is 48.6 Å². The van der Waals surface area contributed by atoms with Crippen LogP contribution >= 0.6 is 23.4 Å². The van der Waals surface area contributed by atoms with E-state index in [2.05, 4.69) is 5.32 Å². The molecule has 2 rings (SSSR count). The average molecular weight is 380 g/mol. The second-order valence-electron chi connectivity index (χ2n) is 5.55. The molecule has 2 unspecified atom stereocenters. The van der Waals surface area contributed by atoms with Gasteiger partial charge in [-0.15, -0.1) is 11.8 Å². The third-order valence-electron chi connectivity index (χ3n) is 3.78. The van der Waals surface area contributed by atoms with E-state index in [1.165, 1.54) is 0 Å². The van der Waals surface area contributed by atoms with Gasteiger partial charge >= 0.3 is 0 Å². The molecule has 0 spiro atoms. The van der Waals surface area contributed by atoms with Crippen LogP contribution < -0.4 is 10.1 Å². The maximum Gasteiger partial charge on any atom is 0.252 e. The lowest BCUT2D eigenvalue weighted by molar-refractivity contribution is 0.0849. The van der Waals surface area contributed by atoms with Crippen LogP contribution in [0.2, 0.25) is 5.02 Å². The van der Waals surface area contributed by atoms with E-state index in [0.717, 1.165) is 10.6 Å². The summed E-state index contributed by atoms with van der Waals surface area (Å²) < 4.78 is 5.11. The number of aliphatic hydroxyl groups excluding tert-OH is 1. The lowest BCUT2D eigenvalue weighted by Gasteiger charge is -2.21. The molecule has 0 aliphatic rings. The molecule has 4 nitrogen and oxygen atoms in total. The third-order valence-corrected chi connectivity index (χ3v) is 4.97. The largest absolute Gasteiger partial charge is 0.497 e. The van der Waals surface area contributed by atoms with Gasteiger partial charge in [-0.1, -0.05) is 30.7 Å². The van der Waals surface area contributed by atoms with Crippen LogP contribution in [0.4, 0.5) is 0 Å². The summed E-state index contributed by atoms with van der Waals surface area (Å²) in [7, 11) is 1.59. The summed E-state index contributed by atoms with van der Waals surface area (Å²) in [5.41, 5.74) is 1.23. The molecule has 0 aromatic heterocycles. The van der Waals surface area contributed by atoms with Gasteiger partial charge < -0.3 is 15.2 Å². The summed E-state index contributed by atoms with van der Waals surface area (Å²) in [5, 5.41) is 13.9. The number of benzene rings is 2. The molecule has 0 saturated heterocycles. The lowest BCUT2D eigenvalue weighted by atomic mass is 10.0. The highest BCUT2D eigenvalue weighted by molar-refractivity contribution is 7.99. The zero-order valence-corrected chi connectivity index (χ0v) is 16.0. The number of nitrogens with one attached hydrogen (secondary N) is 1. The highest BCUT2D eigenvalue weighted by Gasteiger charge is 2.21. The van der Waals surface area contributed by atoms with Crippen molar-refractivity contribution in [2.24, 2.45) is 0 Å². The SMILES string of the molecule is CCSc1ccc(Cl)cc1C(=O)NC(C)C(O)c1ccc(OC)cc1. The van der Waals surface area contributed by atoms with Crippen molar-refractivity contribution in [1.29, 1.82) is 0 Å². The first-order valence-corrected chi connectivity index (χ1v) is 9.37. The first-order chi connectivity index (χ1) is 12.0. The molecule has 1 amide bonds. The number of hydrogen-bond acceptors (Lipinski definition) is 4. The number of methoxy groups -OCH3 is 1. The van der Waals surface area contributed by atoms with Crippen LogP contribution in [0, 0.1) is 0 Å². The monoisotopic (exact) mass is 379 g/mol. The summed E-state index contributed by atoms with van der Waals surface area (Å²) in [4.78, 5) is 13.5. The molecular formula is C19H22ClNO3S.